The Kier molecular flexibility index (Phi) is 5.88. The molecule has 1 aromatic carbocycles. The van der Waals surface area contributed by atoms with E-state index in [-0.39, 0.29) is 23.8 Å². The van der Waals surface area contributed by atoms with Crippen LogP contribution in [-0.2, 0) is 4.79 Å². The average Bonchev–Trinajstić information content (AvgIpc) is 2.35. The molecule has 1 aromatic rings. The summed E-state index contributed by atoms with van der Waals surface area (Å²) in [5.41, 5.74) is 2.74. The number of amides is 2. The van der Waals surface area contributed by atoms with Gasteiger partial charge < -0.3 is 5.32 Å². The number of hydrazone groups is 1. The van der Waals surface area contributed by atoms with Crippen LogP contribution in [0.1, 0.15) is 31.1 Å². The van der Waals surface area contributed by atoms with E-state index in [2.05, 4.69) is 31.8 Å². The predicted molar refractivity (Wildman–Crippen MR) is 82.6 cm³/mol. The monoisotopic (exact) mass is 339 g/mol. The molecule has 0 atom stereocenters. The summed E-state index contributed by atoms with van der Waals surface area (Å²) in [6.07, 6.45) is 1.64. The van der Waals surface area contributed by atoms with E-state index in [4.69, 9.17) is 0 Å². The van der Waals surface area contributed by atoms with Crippen molar-refractivity contribution in [2.45, 2.75) is 20.8 Å². The lowest BCUT2D eigenvalue weighted by Crippen LogP contribution is -2.35. The Balaban J connectivity index is 2.44. The Labute approximate surface area is 127 Å². The number of benzene rings is 1. The van der Waals surface area contributed by atoms with Crippen LogP contribution in [0.2, 0.25) is 0 Å². The summed E-state index contributed by atoms with van der Waals surface area (Å²) < 4.78 is 0.684. The van der Waals surface area contributed by atoms with Gasteiger partial charge in [0.1, 0.15) is 0 Å². The van der Waals surface area contributed by atoms with Gasteiger partial charge >= 0.3 is 0 Å². The fourth-order valence-corrected chi connectivity index (χ4v) is 1.70. The molecule has 0 aromatic heterocycles. The summed E-state index contributed by atoms with van der Waals surface area (Å²) in [6, 6.07) is 7.01. The van der Waals surface area contributed by atoms with Crippen LogP contribution in [0, 0.1) is 5.41 Å². The first kappa shape index (κ1) is 16.4. The second-order valence-corrected chi connectivity index (χ2v) is 6.18. The van der Waals surface area contributed by atoms with Crippen molar-refractivity contribution in [3.05, 3.63) is 34.3 Å². The van der Waals surface area contributed by atoms with Gasteiger partial charge in [-0.05, 0) is 33.5 Å². The summed E-state index contributed by atoms with van der Waals surface area (Å²) in [7, 11) is 0. The highest BCUT2D eigenvalue weighted by Gasteiger charge is 2.10. The van der Waals surface area contributed by atoms with Crippen LogP contribution in [0.4, 0.5) is 0 Å². The number of hydrogen-bond donors (Lipinski definition) is 2. The SMILES string of the molecule is CC(C)(C)C=NNC(=O)CNC(=O)c1ccccc1Br. The molecule has 2 N–H and O–H groups in total. The molecule has 0 unspecified atom stereocenters. The molecule has 5 nitrogen and oxygen atoms in total. The fraction of sp³-hybridized carbons (Fsp3) is 0.357. The molecule has 0 radical (unpaired) electrons. The lowest BCUT2D eigenvalue weighted by atomic mass is 9.99. The first-order valence-electron chi connectivity index (χ1n) is 6.15. The molecule has 0 fully saturated rings. The largest absolute Gasteiger partial charge is 0.343 e. The van der Waals surface area contributed by atoms with Crippen LogP contribution in [0.15, 0.2) is 33.8 Å². The molecular formula is C14H18BrN3O2. The van der Waals surface area contributed by atoms with Crippen molar-refractivity contribution in [2.24, 2.45) is 10.5 Å². The highest BCUT2D eigenvalue weighted by atomic mass is 79.9. The topological polar surface area (TPSA) is 70.6 Å². The zero-order chi connectivity index (χ0) is 15.2. The zero-order valence-electron chi connectivity index (χ0n) is 11.7. The molecule has 0 spiro atoms. The van der Waals surface area contributed by atoms with E-state index in [9.17, 15) is 9.59 Å². The summed E-state index contributed by atoms with van der Waals surface area (Å²) in [4.78, 5) is 23.3. The van der Waals surface area contributed by atoms with E-state index >= 15 is 0 Å². The second-order valence-electron chi connectivity index (χ2n) is 5.32. The average molecular weight is 340 g/mol. The number of nitrogens with zero attached hydrogens (tertiary/aromatic N) is 1. The lowest BCUT2D eigenvalue weighted by molar-refractivity contribution is -0.120. The van der Waals surface area contributed by atoms with Gasteiger partial charge in [-0.25, -0.2) is 5.43 Å². The van der Waals surface area contributed by atoms with E-state index in [1.54, 1.807) is 24.4 Å². The molecule has 2 amide bonds. The van der Waals surface area contributed by atoms with Gasteiger partial charge in [-0.2, -0.15) is 5.10 Å². The molecule has 0 aliphatic heterocycles. The van der Waals surface area contributed by atoms with E-state index < -0.39 is 0 Å². The third kappa shape index (κ3) is 5.97. The highest BCUT2D eigenvalue weighted by Crippen LogP contribution is 2.15. The minimum absolute atomic E-state index is 0.106. The number of carbonyl (C=O) groups excluding carboxylic acids is 2. The van der Waals surface area contributed by atoms with Crippen LogP contribution in [0.3, 0.4) is 0 Å². The van der Waals surface area contributed by atoms with Gasteiger partial charge in [0, 0.05) is 10.7 Å². The van der Waals surface area contributed by atoms with Crippen molar-refractivity contribution >= 4 is 34.0 Å². The van der Waals surface area contributed by atoms with Gasteiger partial charge in [0.2, 0.25) is 0 Å². The van der Waals surface area contributed by atoms with Crippen molar-refractivity contribution in [3.8, 4) is 0 Å². The highest BCUT2D eigenvalue weighted by molar-refractivity contribution is 9.10. The molecule has 1 rings (SSSR count). The van der Waals surface area contributed by atoms with Crippen LogP contribution in [-0.4, -0.2) is 24.6 Å². The van der Waals surface area contributed by atoms with Crippen LogP contribution in [0.5, 0.6) is 0 Å². The van der Waals surface area contributed by atoms with Gasteiger partial charge in [0.05, 0.1) is 12.1 Å². The van der Waals surface area contributed by atoms with E-state index in [0.29, 0.717) is 10.0 Å². The van der Waals surface area contributed by atoms with E-state index in [1.165, 1.54) is 0 Å². The molecule has 0 aliphatic rings. The predicted octanol–water partition coefficient (Wildman–Crippen LogP) is 2.33. The van der Waals surface area contributed by atoms with Gasteiger partial charge in [0.15, 0.2) is 0 Å². The maximum absolute atomic E-state index is 11.8. The molecule has 0 saturated heterocycles. The molecule has 108 valence electrons. The number of halogens is 1. The van der Waals surface area contributed by atoms with Gasteiger partial charge in [-0.15, -0.1) is 0 Å². The molecule has 0 saturated carbocycles. The first-order valence-corrected chi connectivity index (χ1v) is 6.95. The smallest absolute Gasteiger partial charge is 0.259 e. The lowest BCUT2D eigenvalue weighted by Gasteiger charge is -2.10. The summed E-state index contributed by atoms with van der Waals surface area (Å²) in [5, 5.41) is 6.36. The van der Waals surface area contributed by atoms with Crippen molar-refractivity contribution in [1.29, 1.82) is 0 Å². The molecule has 20 heavy (non-hydrogen) atoms. The first-order chi connectivity index (χ1) is 9.29. The Morgan fingerprint density at radius 2 is 1.95 bits per heavy atom. The van der Waals surface area contributed by atoms with Crippen LogP contribution >= 0.6 is 15.9 Å². The maximum atomic E-state index is 11.8. The van der Waals surface area contributed by atoms with Gasteiger partial charge in [-0.3, -0.25) is 9.59 Å². The van der Waals surface area contributed by atoms with Gasteiger partial charge in [-0.1, -0.05) is 32.9 Å². The zero-order valence-corrected chi connectivity index (χ0v) is 13.3. The third-order valence-electron chi connectivity index (χ3n) is 2.17. The van der Waals surface area contributed by atoms with Crippen LogP contribution in [0.25, 0.3) is 0 Å². The van der Waals surface area contributed by atoms with Crippen molar-refractivity contribution in [3.63, 3.8) is 0 Å². The fourth-order valence-electron chi connectivity index (χ4n) is 1.24. The summed E-state index contributed by atoms with van der Waals surface area (Å²) in [5.74, 6) is -0.682. The number of carbonyl (C=O) groups is 2. The molecule has 0 aliphatic carbocycles. The Bertz CT molecular complexity index is 521. The maximum Gasteiger partial charge on any atom is 0.259 e. The van der Waals surface area contributed by atoms with E-state index in [0.717, 1.165) is 0 Å². The number of nitrogens with one attached hydrogen (secondary N) is 2. The number of rotatable bonds is 4. The Morgan fingerprint density at radius 3 is 2.55 bits per heavy atom. The minimum atomic E-state index is -0.370. The van der Waals surface area contributed by atoms with Crippen molar-refractivity contribution < 1.29 is 9.59 Å². The third-order valence-corrected chi connectivity index (χ3v) is 2.86. The summed E-state index contributed by atoms with van der Waals surface area (Å²) >= 11 is 3.28. The van der Waals surface area contributed by atoms with Gasteiger partial charge in [0.25, 0.3) is 11.8 Å². The number of hydrogen-bond acceptors (Lipinski definition) is 3. The van der Waals surface area contributed by atoms with E-state index in [1.807, 2.05) is 26.8 Å². The molecule has 6 heteroatoms. The van der Waals surface area contributed by atoms with Crippen molar-refractivity contribution in [1.82, 2.24) is 10.7 Å². The Hall–Kier alpha value is -1.69. The van der Waals surface area contributed by atoms with Crippen molar-refractivity contribution in [2.75, 3.05) is 6.54 Å². The second kappa shape index (κ2) is 7.19. The normalized spacial score (nSPS) is 11.4. The standard InChI is InChI=1S/C14H18BrN3O2/c1-14(2,3)9-17-18-12(19)8-16-13(20)10-6-4-5-7-11(10)15/h4-7,9H,8H2,1-3H3,(H,16,20)(H,18,19). The Morgan fingerprint density at radius 1 is 1.30 bits per heavy atom. The molecule has 0 heterocycles. The minimum Gasteiger partial charge on any atom is -0.343 e. The summed E-state index contributed by atoms with van der Waals surface area (Å²) in [6.45, 7) is 5.79. The molecule has 0 bridgehead atoms. The van der Waals surface area contributed by atoms with Crippen LogP contribution < -0.4 is 10.7 Å². The molecular weight excluding hydrogens is 322 g/mol. The quantitative estimate of drug-likeness (QED) is 0.652.